The second-order valence-electron chi connectivity index (χ2n) is 6.95. The molecule has 150 valence electrons. The summed E-state index contributed by atoms with van der Waals surface area (Å²) in [6.45, 7) is 4.95. The minimum absolute atomic E-state index is 0.0779. The molecule has 1 unspecified atom stereocenters. The Bertz CT molecular complexity index is 1090. The van der Waals surface area contributed by atoms with Gasteiger partial charge in [0, 0.05) is 29.6 Å². The smallest absolute Gasteiger partial charge is 0.239 e. The highest BCUT2D eigenvalue weighted by molar-refractivity contribution is 5.87. The second kappa shape index (κ2) is 7.46. The molecule has 1 atom stereocenters. The SMILES string of the molecule is Cc1c(F)ccc2cc(C(C)Nc3ncnc(N)n3)c(N3CCNC(=O)C3)nc12. The van der Waals surface area contributed by atoms with Gasteiger partial charge in [-0.15, -0.1) is 0 Å². The van der Waals surface area contributed by atoms with Crippen molar-refractivity contribution in [2.24, 2.45) is 0 Å². The number of hydrogen-bond donors (Lipinski definition) is 3. The van der Waals surface area contributed by atoms with Crippen LogP contribution in [0.2, 0.25) is 0 Å². The largest absolute Gasteiger partial charge is 0.368 e. The van der Waals surface area contributed by atoms with Gasteiger partial charge in [0.2, 0.25) is 17.8 Å². The Morgan fingerprint density at radius 1 is 1.31 bits per heavy atom. The van der Waals surface area contributed by atoms with Crippen molar-refractivity contribution in [1.82, 2.24) is 25.3 Å². The molecule has 1 aliphatic rings. The molecule has 3 heterocycles. The fourth-order valence-corrected chi connectivity index (χ4v) is 3.41. The number of nitrogens with two attached hydrogens (primary N) is 1. The lowest BCUT2D eigenvalue weighted by molar-refractivity contribution is -0.120. The summed E-state index contributed by atoms with van der Waals surface area (Å²) in [5.74, 6) is 0.689. The number of aryl methyl sites for hydroxylation is 1. The molecule has 9 nitrogen and oxygen atoms in total. The Morgan fingerprint density at radius 3 is 2.90 bits per heavy atom. The average Bonchev–Trinajstić information content (AvgIpc) is 2.70. The van der Waals surface area contributed by atoms with Crippen molar-refractivity contribution in [3.63, 3.8) is 0 Å². The lowest BCUT2D eigenvalue weighted by Crippen LogP contribution is -2.48. The van der Waals surface area contributed by atoms with E-state index in [0.717, 1.165) is 10.9 Å². The summed E-state index contributed by atoms with van der Waals surface area (Å²) in [4.78, 5) is 30.6. The minimum Gasteiger partial charge on any atom is -0.368 e. The third kappa shape index (κ3) is 3.73. The highest BCUT2D eigenvalue weighted by atomic mass is 19.1. The molecule has 0 saturated carbocycles. The maximum Gasteiger partial charge on any atom is 0.239 e. The van der Waals surface area contributed by atoms with Gasteiger partial charge in [-0.25, -0.2) is 19.3 Å². The Hall–Kier alpha value is -3.56. The predicted octanol–water partition coefficient (Wildman–Crippen LogP) is 1.56. The Balaban J connectivity index is 1.80. The average molecular weight is 396 g/mol. The molecular weight excluding hydrogens is 375 g/mol. The zero-order valence-electron chi connectivity index (χ0n) is 16.1. The molecule has 10 heteroatoms. The van der Waals surface area contributed by atoms with E-state index in [9.17, 15) is 9.18 Å². The first-order valence-corrected chi connectivity index (χ1v) is 9.25. The third-order valence-electron chi connectivity index (χ3n) is 4.92. The number of nitrogen functional groups attached to an aromatic ring is 1. The topological polar surface area (TPSA) is 122 Å². The monoisotopic (exact) mass is 396 g/mol. The van der Waals surface area contributed by atoms with E-state index in [1.807, 2.05) is 17.9 Å². The van der Waals surface area contributed by atoms with Gasteiger partial charge in [-0.1, -0.05) is 0 Å². The normalized spacial score (nSPS) is 15.3. The number of carbonyl (C=O) groups is 1. The van der Waals surface area contributed by atoms with Gasteiger partial charge in [0.1, 0.15) is 18.0 Å². The summed E-state index contributed by atoms with van der Waals surface area (Å²) >= 11 is 0. The van der Waals surface area contributed by atoms with Crippen LogP contribution in [0.4, 0.5) is 22.1 Å². The van der Waals surface area contributed by atoms with E-state index in [-0.39, 0.29) is 30.3 Å². The zero-order valence-corrected chi connectivity index (χ0v) is 16.1. The number of benzene rings is 1. The molecule has 4 rings (SSSR count). The van der Waals surface area contributed by atoms with Crippen molar-refractivity contribution in [3.8, 4) is 0 Å². The zero-order chi connectivity index (χ0) is 20.5. The quantitative estimate of drug-likeness (QED) is 0.607. The molecule has 0 aliphatic carbocycles. The highest BCUT2D eigenvalue weighted by Crippen LogP contribution is 2.32. The first-order chi connectivity index (χ1) is 13.9. The Labute approximate surface area is 166 Å². The van der Waals surface area contributed by atoms with Crippen LogP contribution in [0.1, 0.15) is 24.1 Å². The molecular formula is C19H21FN8O. The van der Waals surface area contributed by atoms with E-state index >= 15 is 0 Å². The van der Waals surface area contributed by atoms with Crippen LogP contribution in [0, 0.1) is 12.7 Å². The van der Waals surface area contributed by atoms with Gasteiger partial charge in [0.15, 0.2) is 0 Å². The summed E-state index contributed by atoms with van der Waals surface area (Å²) in [5, 5.41) is 6.82. The van der Waals surface area contributed by atoms with Gasteiger partial charge < -0.3 is 21.3 Å². The van der Waals surface area contributed by atoms with Crippen LogP contribution in [0.25, 0.3) is 10.9 Å². The molecule has 29 heavy (non-hydrogen) atoms. The highest BCUT2D eigenvalue weighted by Gasteiger charge is 2.24. The van der Waals surface area contributed by atoms with Gasteiger partial charge in [-0.2, -0.15) is 4.98 Å². The second-order valence-corrected chi connectivity index (χ2v) is 6.95. The molecule has 1 aromatic carbocycles. The summed E-state index contributed by atoms with van der Waals surface area (Å²) < 4.78 is 14.1. The number of pyridine rings is 1. The van der Waals surface area contributed by atoms with Crippen LogP contribution in [0.3, 0.4) is 0 Å². The summed E-state index contributed by atoms with van der Waals surface area (Å²) in [6, 6.07) is 4.84. The van der Waals surface area contributed by atoms with Crippen molar-refractivity contribution < 1.29 is 9.18 Å². The molecule has 3 aromatic rings. The fourth-order valence-electron chi connectivity index (χ4n) is 3.41. The molecule has 0 spiro atoms. The number of fused-ring (bicyclic) bond motifs is 1. The number of carbonyl (C=O) groups excluding carboxylic acids is 1. The molecule has 1 amide bonds. The van der Waals surface area contributed by atoms with Crippen LogP contribution in [0.5, 0.6) is 0 Å². The van der Waals surface area contributed by atoms with E-state index in [1.165, 1.54) is 12.4 Å². The van der Waals surface area contributed by atoms with Crippen molar-refractivity contribution in [2.45, 2.75) is 19.9 Å². The van der Waals surface area contributed by atoms with Crippen LogP contribution in [0.15, 0.2) is 24.5 Å². The van der Waals surface area contributed by atoms with E-state index in [0.29, 0.717) is 35.9 Å². The fraction of sp³-hybridized carbons (Fsp3) is 0.316. The predicted molar refractivity (Wildman–Crippen MR) is 108 cm³/mol. The van der Waals surface area contributed by atoms with Crippen molar-refractivity contribution in [3.05, 3.63) is 41.5 Å². The minimum atomic E-state index is -0.313. The number of aromatic nitrogens is 4. The molecule has 0 bridgehead atoms. The lowest BCUT2D eigenvalue weighted by Gasteiger charge is -2.31. The van der Waals surface area contributed by atoms with E-state index in [2.05, 4.69) is 25.6 Å². The number of halogens is 1. The van der Waals surface area contributed by atoms with Crippen LogP contribution >= 0.6 is 0 Å². The first kappa shape index (κ1) is 18.8. The number of amides is 1. The Morgan fingerprint density at radius 2 is 2.14 bits per heavy atom. The maximum absolute atomic E-state index is 14.1. The number of hydrogen-bond acceptors (Lipinski definition) is 8. The molecule has 1 saturated heterocycles. The molecule has 4 N–H and O–H groups in total. The summed E-state index contributed by atoms with van der Waals surface area (Å²) in [7, 11) is 0. The standard InChI is InChI=1S/C19H21FN8O/c1-10-14(20)4-3-12-7-13(11(2)25-19-24-9-23-18(21)27-19)17(26-16(10)12)28-6-5-22-15(29)8-28/h3-4,7,9,11H,5-6,8H2,1-2H3,(H,22,29)(H3,21,23,24,25,27). The van der Waals surface area contributed by atoms with Gasteiger partial charge >= 0.3 is 0 Å². The number of nitrogens with zero attached hydrogens (tertiary/aromatic N) is 5. The molecule has 0 radical (unpaired) electrons. The number of piperazine rings is 1. The third-order valence-corrected chi connectivity index (χ3v) is 4.92. The van der Waals surface area contributed by atoms with Crippen molar-refractivity contribution in [2.75, 3.05) is 35.6 Å². The lowest BCUT2D eigenvalue weighted by atomic mass is 10.0. The van der Waals surface area contributed by atoms with E-state index in [4.69, 9.17) is 10.7 Å². The van der Waals surface area contributed by atoms with E-state index < -0.39 is 0 Å². The molecule has 2 aromatic heterocycles. The van der Waals surface area contributed by atoms with Gasteiger partial charge in [0.05, 0.1) is 18.1 Å². The first-order valence-electron chi connectivity index (χ1n) is 9.25. The van der Waals surface area contributed by atoms with Gasteiger partial charge in [-0.05, 0) is 32.0 Å². The summed E-state index contributed by atoms with van der Waals surface area (Å²) in [5.41, 5.74) is 7.53. The van der Waals surface area contributed by atoms with Crippen LogP contribution in [-0.2, 0) is 4.79 Å². The maximum atomic E-state index is 14.1. The number of rotatable bonds is 4. The van der Waals surface area contributed by atoms with Crippen molar-refractivity contribution in [1.29, 1.82) is 0 Å². The Kier molecular flexibility index (Phi) is 4.83. The van der Waals surface area contributed by atoms with Crippen LogP contribution < -0.4 is 21.3 Å². The summed E-state index contributed by atoms with van der Waals surface area (Å²) in [6.07, 6.45) is 1.33. The van der Waals surface area contributed by atoms with Crippen molar-refractivity contribution >= 4 is 34.5 Å². The van der Waals surface area contributed by atoms with Gasteiger partial charge in [-0.3, -0.25) is 4.79 Å². The molecule has 1 aliphatic heterocycles. The van der Waals surface area contributed by atoms with Gasteiger partial charge in [0.25, 0.3) is 0 Å². The van der Waals surface area contributed by atoms with E-state index in [1.54, 1.807) is 13.0 Å². The number of nitrogens with one attached hydrogen (secondary N) is 2. The van der Waals surface area contributed by atoms with Crippen LogP contribution in [-0.4, -0.2) is 45.5 Å². The molecule has 1 fully saturated rings. The number of anilines is 3.